The molecule has 3 aromatic rings. The maximum atomic E-state index is 12.4. The summed E-state index contributed by atoms with van der Waals surface area (Å²) in [7, 11) is 0. The first kappa shape index (κ1) is 12.9. The second-order valence-electron chi connectivity index (χ2n) is 5.67. The van der Waals surface area contributed by atoms with Crippen molar-refractivity contribution in [3.05, 3.63) is 69.2 Å². The minimum absolute atomic E-state index is 0.0469. The summed E-state index contributed by atoms with van der Waals surface area (Å²) in [5.41, 5.74) is 5.12. The molecule has 0 atom stereocenters. The molecule has 0 saturated heterocycles. The number of hydrogen-bond donors (Lipinski definition) is 1. The predicted octanol–water partition coefficient (Wildman–Crippen LogP) is 2.59. The van der Waals surface area contributed by atoms with Crippen LogP contribution >= 0.6 is 0 Å². The van der Waals surface area contributed by atoms with Crippen LogP contribution in [0.4, 0.5) is 0 Å². The van der Waals surface area contributed by atoms with E-state index in [9.17, 15) is 9.59 Å². The lowest BCUT2D eigenvalue weighted by atomic mass is 10.1. The number of nitrogens with zero attached hydrogens (tertiary/aromatic N) is 1. The number of nitrogens with one attached hydrogen (secondary N) is 1. The van der Waals surface area contributed by atoms with Crippen molar-refractivity contribution in [2.45, 2.75) is 20.0 Å². The highest BCUT2D eigenvalue weighted by atomic mass is 16.4. The smallest absolute Gasteiger partial charge is 0.408 e. The fraction of sp³-hybridized carbons (Fsp3) is 0.176. The van der Waals surface area contributed by atoms with E-state index in [4.69, 9.17) is 4.42 Å². The summed E-state index contributed by atoms with van der Waals surface area (Å²) in [6, 6.07) is 11.4. The number of aromatic amines is 1. The van der Waals surface area contributed by atoms with Gasteiger partial charge in [-0.1, -0.05) is 23.8 Å². The molecule has 5 nitrogen and oxygen atoms in total. The average Bonchev–Trinajstić information content (AvgIpc) is 2.98. The van der Waals surface area contributed by atoms with E-state index in [1.54, 1.807) is 17.0 Å². The molecule has 110 valence electrons. The molecule has 1 amide bonds. The lowest BCUT2D eigenvalue weighted by Gasteiger charge is -2.15. The third kappa shape index (κ3) is 2.02. The van der Waals surface area contributed by atoms with Gasteiger partial charge in [0.15, 0.2) is 5.58 Å². The van der Waals surface area contributed by atoms with E-state index >= 15 is 0 Å². The van der Waals surface area contributed by atoms with Gasteiger partial charge in [-0.3, -0.25) is 9.78 Å². The van der Waals surface area contributed by atoms with Gasteiger partial charge < -0.3 is 9.32 Å². The molecular formula is C17H14N2O3. The standard InChI is InChI=1S/C17H14N2O3/c1-10-2-4-13-12(6-10)9-19(16(13)20)8-11-3-5-14-15(7-11)22-17(21)18-14/h2-7H,8-9H2,1H3,(H,18,21). The summed E-state index contributed by atoms with van der Waals surface area (Å²) in [4.78, 5) is 28.0. The Hall–Kier alpha value is -2.82. The molecule has 22 heavy (non-hydrogen) atoms. The molecule has 2 heterocycles. The lowest BCUT2D eigenvalue weighted by Crippen LogP contribution is -2.23. The first-order valence-electron chi connectivity index (χ1n) is 7.11. The van der Waals surface area contributed by atoms with Gasteiger partial charge in [0.25, 0.3) is 5.91 Å². The number of aryl methyl sites for hydroxylation is 1. The Bertz CT molecular complexity index is 952. The Labute approximate surface area is 126 Å². The molecule has 1 aliphatic heterocycles. The molecule has 0 unspecified atom stereocenters. The molecule has 1 aromatic heterocycles. The van der Waals surface area contributed by atoms with Crippen LogP contribution in [0.15, 0.2) is 45.6 Å². The van der Waals surface area contributed by atoms with Crippen LogP contribution in [-0.4, -0.2) is 15.8 Å². The molecule has 2 aromatic carbocycles. The lowest BCUT2D eigenvalue weighted by molar-refractivity contribution is 0.0766. The van der Waals surface area contributed by atoms with Crippen molar-refractivity contribution < 1.29 is 9.21 Å². The van der Waals surface area contributed by atoms with Crippen LogP contribution in [0.5, 0.6) is 0 Å². The van der Waals surface area contributed by atoms with Crippen LogP contribution in [-0.2, 0) is 13.1 Å². The van der Waals surface area contributed by atoms with Gasteiger partial charge in [-0.25, -0.2) is 4.79 Å². The molecule has 1 N–H and O–H groups in total. The van der Waals surface area contributed by atoms with Crippen molar-refractivity contribution in [3.63, 3.8) is 0 Å². The molecule has 1 aliphatic rings. The van der Waals surface area contributed by atoms with Crippen LogP contribution in [0.2, 0.25) is 0 Å². The maximum absolute atomic E-state index is 12.4. The highest BCUT2D eigenvalue weighted by Crippen LogP contribution is 2.26. The zero-order valence-electron chi connectivity index (χ0n) is 12.1. The molecular weight excluding hydrogens is 280 g/mol. The van der Waals surface area contributed by atoms with E-state index in [1.807, 2.05) is 25.1 Å². The highest BCUT2D eigenvalue weighted by Gasteiger charge is 2.27. The van der Waals surface area contributed by atoms with Crippen LogP contribution in [0.3, 0.4) is 0 Å². The topological polar surface area (TPSA) is 66.3 Å². The van der Waals surface area contributed by atoms with Crippen molar-refractivity contribution in [2.75, 3.05) is 0 Å². The molecule has 0 aliphatic carbocycles. The number of fused-ring (bicyclic) bond motifs is 2. The Morgan fingerprint density at radius 2 is 2.05 bits per heavy atom. The fourth-order valence-corrected chi connectivity index (χ4v) is 2.95. The van der Waals surface area contributed by atoms with E-state index in [2.05, 4.69) is 11.1 Å². The number of carbonyl (C=O) groups excluding carboxylic acids is 1. The van der Waals surface area contributed by atoms with Crippen molar-refractivity contribution in [2.24, 2.45) is 0 Å². The SMILES string of the molecule is Cc1ccc2c(c1)CN(Cc1ccc3[nH]c(=O)oc3c1)C2=O. The van der Waals surface area contributed by atoms with E-state index < -0.39 is 5.76 Å². The number of H-pyrrole nitrogens is 1. The largest absolute Gasteiger partial charge is 0.417 e. The van der Waals surface area contributed by atoms with Gasteiger partial charge in [0.05, 0.1) is 5.52 Å². The van der Waals surface area contributed by atoms with Crippen molar-refractivity contribution in [1.29, 1.82) is 0 Å². The average molecular weight is 294 g/mol. The maximum Gasteiger partial charge on any atom is 0.417 e. The van der Waals surface area contributed by atoms with Gasteiger partial charge in [-0.05, 0) is 36.2 Å². The number of rotatable bonds is 2. The van der Waals surface area contributed by atoms with Gasteiger partial charge in [0, 0.05) is 18.7 Å². The van der Waals surface area contributed by atoms with E-state index in [0.717, 1.165) is 22.3 Å². The summed E-state index contributed by atoms with van der Waals surface area (Å²) >= 11 is 0. The molecule has 0 fully saturated rings. The summed E-state index contributed by atoms with van der Waals surface area (Å²) in [5, 5.41) is 0. The van der Waals surface area contributed by atoms with Crippen LogP contribution < -0.4 is 5.76 Å². The molecule has 0 saturated carbocycles. The molecule has 0 spiro atoms. The zero-order chi connectivity index (χ0) is 15.3. The summed E-state index contributed by atoms with van der Waals surface area (Å²) in [5.74, 6) is -0.419. The van der Waals surface area contributed by atoms with Crippen molar-refractivity contribution >= 4 is 17.0 Å². The quantitative estimate of drug-likeness (QED) is 0.790. The molecule has 4 rings (SSSR count). The number of amides is 1. The first-order valence-corrected chi connectivity index (χ1v) is 7.11. The monoisotopic (exact) mass is 294 g/mol. The van der Waals surface area contributed by atoms with Gasteiger partial charge >= 0.3 is 5.76 Å². The minimum Gasteiger partial charge on any atom is -0.408 e. The Balaban J connectivity index is 1.63. The fourth-order valence-electron chi connectivity index (χ4n) is 2.95. The number of carbonyl (C=O) groups is 1. The Kier molecular flexibility index (Phi) is 2.69. The number of aromatic nitrogens is 1. The zero-order valence-corrected chi connectivity index (χ0v) is 12.1. The summed E-state index contributed by atoms with van der Waals surface area (Å²) < 4.78 is 5.06. The molecule has 0 bridgehead atoms. The molecule has 5 heteroatoms. The first-order chi connectivity index (χ1) is 10.6. The summed E-state index contributed by atoms with van der Waals surface area (Å²) in [6.45, 7) is 3.14. The van der Waals surface area contributed by atoms with Gasteiger partial charge in [-0.15, -0.1) is 0 Å². The number of oxazole rings is 1. The Morgan fingerprint density at radius 3 is 2.91 bits per heavy atom. The third-order valence-corrected chi connectivity index (χ3v) is 4.00. The number of hydrogen-bond acceptors (Lipinski definition) is 3. The van der Waals surface area contributed by atoms with Gasteiger partial charge in [0.2, 0.25) is 0 Å². The number of benzene rings is 2. The van der Waals surface area contributed by atoms with Crippen molar-refractivity contribution in [1.82, 2.24) is 9.88 Å². The second kappa shape index (κ2) is 4.59. The Morgan fingerprint density at radius 1 is 1.18 bits per heavy atom. The van der Waals surface area contributed by atoms with Gasteiger partial charge in [0.1, 0.15) is 0 Å². The highest BCUT2D eigenvalue weighted by molar-refractivity contribution is 5.98. The third-order valence-electron chi connectivity index (χ3n) is 4.00. The second-order valence-corrected chi connectivity index (χ2v) is 5.67. The van der Waals surface area contributed by atoms with E-state index in [-0.39, 0.29) is 5.91 Å². The minimum atomic E-state index is -0.465. The summed E-state index contributed by atoms with van der Waals surface area (Å²) in [6.07, 6.45) is 0. The van der Waals surface area contributed by atoms with Crippen LogP contribution in [0.25, 0.3) is 11.1 Å². The normalized spacial score (nSPS) is 13.9. The molecule has 0 radical (unpaired) electrons. The van der Waals surface area contributed by atoms with E-state index in [1.165, 1.54) is 0 Å². The van der Waals surface area contributed by atoms with Crippen LogP contribution in [0, 0.1) is 6.92 Å². The van der Waals surface area contributed by atoms with Crippen LogP contribution in [0.1, 0.15) is 27.0 Å². The van der Waals surface area contributed by atoms with E-state index in [0.29, 0.717) is 24.2 Å². The van der Waals surface area contributed by atoms with Gasteiger partial charge in [-0.2, -0.15) is 0 Å². The van der Waals surface area contributed by atoms with Crippen molar-refractivity contribution in [3.8, 4) is 0 Å². The predicted molar refractivity (Wildman–Crippen MR) is 81.6 cm³/mol.